The Labute approximate surface area is 121 Å². The lowest BCUT2D eigenvalue weighted by molar-refractivity contribution is -0.385. The van der Waals surface area contributed by atoms with E-state index in [4.69, 9.17) is 16.3 Å². The average molecular weight is 316 g/mol. The molecular formula is C12H7ClFNO4S. The summed E-state index contributed by atoms with van der Waals surface area (Å²) in [5.41, 5.74) is -0.389. The lowest BCUT2D eigenvalue weighted by Gasteiger charge is -2.04. The van der Waals surface area contributed by atoms with Crippen LogP contribution in [-0.4, -0.2) is 10.7 Å². The molecule has 0 bridgehead atoms. The maximum atomic E-state index is 13.7. The molecule has 8 heteroatoms. The predicted molar refractivity (Wildman–Crippen MR) is 72.5 cm³/mol. The number of hydrogen-bond donors (Lipinski definition) is 0. The number of Topliss-reactive ketones (excluding diaryl/α,β-unsaturated/α-hetero) is 1. The van der Waals surface area contributed by atoms with Crippen LogP contribution in [0.4, 0.5) is 10.1 Å². The molecule has 2 aromatic rings. The molecule has 0 radical (unpaired) electrons. The number of carbonyl (C=O) groups excluding carboxylic acids is 1. The van der Waals surface area contributed by atoms with Crippen molar-refractivity contribution in [3.05, 3.63) is 50.1 Å². The Balaban J connectivity index is 2.45. The molecule has 1 heterocycles. The molecule has 0 atom stereocenters. The van der Waals surface area contributed by atoms with Gasteiger partial charge in [-0.3, -0.25) is 14.9 Å². The fourth-order valence-corrected chi connectivity index (χ4v) is 2.45. The van der Waals surface area contributed by atoms with Crippen LogP contribution in [0.1, 0.15) is 16.6 Å². The van der Waals surface area contributed by atoms with Gasteiger partial charge >= 0.3 is 5.69 Å². The highest BCUT2D eigenvalue weighted by atomic mass is 35.5. The van der Waals surface area contributed by atoms with E-state index in [0.29, 0.717) is 0 Å². The van der Waals surface area contributed by atoms with Gasteiger partial charge in [0.1, 0.15) is 0 Å². The zero-order valence-electron chi connectivity index (χ0n) is 10.1. The molecule has 0 aliphatic heterocycles. The summed E-state index contributed by atoms with van der Waals surface area (Å²) in [4.78, 5) is 21.6. The molecule has 0 saturated carbocycles. The normalized spacial score (nSPS) is 10.3. The summed E-state index contributed by atoms with van der Waals surface area (Å²) in [6, 6.07) is 5.17. The number of halogens is 2. The van der Waals surface area contributed by atoms with E-state index < -0.39 is 10.7 Å². The molecule has 2 rings (SSSR count). The summed E-state index contributed by atoms with van der Waals surface area (Å²) < 4.78 is 18.9. The van der Waals surface area contributed by atoms with Gasteiger partial charge in [-0.05, 0) is 19.1 Å². The summed E-state index contributed by atoms with van der Waals surface area (Å²) in [6.45, 7) is 1.28. The van der Waals surface area contributed by atoms with E-state index in [1.54, 1.807) is 0 Å². The van der Waals surface area contributed by atoms with Crippen molar-refractivity contribution < 1.29 is 18.8 Å². The van der Waals surface area contributed by atoms with E-state index in [-0.39, 0.29) is 32.2 Å². The predicted octanol–water partition coefficient (Wildman–Crippen LogP) is 4.44. The lowest BCUT2D eigenvalue weighted by atomic mass is 10.3. The van der Waals surface area contributed by atoms with Gasteiger partial charge in [0.05, 0.1) is 14.8 Å². The molecule has 104 valence electrons. The topological polar surface area (TPSA) is 69.4 Å². The third-order valence-corrected chi connectivity index (χ3v) is 3.74. The third kappa shape index (κ3) is 2.78. The van der Waals surface area contributed by atoms with Crippen molar-refractivity contribution in [2.45, 2.75) is 6.92 Å². The monoisotopic (exact) mass is 315 g/mol. The van der Waals surface area contributed by atoms with Crippen LogP contribution in [0.25, 0.3) is 0 Å². The smallest absolute Gasteiger partial charge is 0.323 e. The summed E-state index contributed by atoms with van der Waals surface area (Å²) in [5, 5.41) is 10.6. The standard InChI is InChI=1S/C12H7ClFNO4S/c1-6(16)10-5-8(15(17)18)12(20-10)19-9-4-2-3-7(13)11(9)14/h2-5H,1H3. The van der Waals surface area contributed by atoms with Crippen molar-refractivity contribution in [3.8, 4) is 10.8 Å². The number of hydrogen-bond acceptors (Lipinski definition) is 5. The maximum Gasteiger partial charge on any atom is 0.323 e. The highest BCUT2D eigenvalue weighted by Gasteiger charge is 2.24. The van der Waals surface area contributed by atoms with E-state index in [0.717, 1.165) is 17.4 Å². The van der Waals surface area contributed by atoms with Gasteiger partial charge < -0.3 is 4.74 Å². The number of rotatable bonds is 4. The number of nitro groups is 1. The number of ketones is 1. The van der Waals surface area contributed by atoms with E-state index in [9.17, 15) is 19.3 Å². The number of nitrogens with zero attached hydrogens (tertiary/aromatic N) is 1. The zero-order valence-corrected chi connectivity index (χ0v) is 11.6. The Kier molecular flexibility index (Phi) is 4.01. The van der Waals surface area contributed by atoms with Crippen LogP contribution in [0, 0.1) is 15.9 Å². The van der Waals surface area contributed by atoms with Gasteiger partial charge in [-0.15, -0.1) is 0 Å². The first-order valence-electron chi connectivity index (χ1n) is 5.31. The van der Waals surface area contributed by atoms with Crippen LogP contribution in [0.15, 0.2) is 24.3 Å². The molecule has 0 fully saturated rings. The molecule has 0 aliphatic rings. The molecule has 0 N–H and O–H groups in total. The fourth-order valence-electron chi connectivity index (χ4n) is 1.40. The third-order valence-electron chi connectivity index (χ3n) is 2.34. The first-order valence-corrected chi connectivity index (χ1v) is 6.50. The maximum absolute atomic E-state index is 13.7. The van der Waals surface area contributed by atoms with Crippen molar-refractivity contribution >= 4 is 34.4 Å². The first kappa shape index (κ1) is 14.4. The second kappa shape index (κ2) is 5.56. The molecular weight excluding hydrogens is 309 g/mol. The molecule has 1 aromatic carbocycles. The van der Waals surface area contributed by atoms with E-state index >= 15 is 0 Å². The molecule has 20 heavy (non-hydrogen) atoms. The van der Waals surface area contributed by atoms with Crippen molar-refractivity contribution in [2.75, 3.05) is 0 Å². The minimum Gasteiger partial charge on any atom is -0.437 e. The summed E-state index contributed by atoms with van der Waals surface area (Å²) in [6.07, 6.45) is 0. The zero-order chi connectivity index (χ0) is 14.9. The van der Waals surface area contributed by atoms with E-state index in [2.05, 4.69) is 0 Å². The van der Waals surface area contributed by atoms with Crippen LogP contribution in [0.5, 0.6) is 10.8 Å². The van der Waals surface area contributed by atoms with Crippen LogP contribution in [0.3, 0.4) is 0 Å². The second-order valence-corrected chi connectivity index (χ2v) is 5.17. The van der Waals surface area contributed by atoms with Gasteiger partial charge in [-0.2, -0.15) is 0 Å². The number of ether oxygens (including phenoxy) is 1. The number of benzene rings is 1. The van der Waals surface area contributed by atoms with Gasteiger partial charge in [0, 0.05) is 6.07 Å². The van der Waals surface area contributed by atoms with Crippen molar-refractivity contribution in [1.29, 1.82) is 0 Å². The van der Waals surface area contributed by atoms with Gasteiger partial charge in [-0.1, -0.05) is 29.0 Å². The Morgan fingerprint density at radius 2 is 2.20 bits per heavy atom. The lowest BCUT2D eigenvalue weighted by Crippen LogP contribution is -1.91. The van der Waals surface area contributed by atoms with Gasteiger partial charge in [0.2, 0.25) is 0 Å². The van der Waals surface area contributed by atoms with Gasteiger partial charge in [0.25, 0.3) is 5.06 Å². The average Bonchev–Trinajstić information content (AvgIpc) is 2.79. The van der Waals surface area contributed by atoms with E-state index in [1.807, 2.05) is 0 Å². The largest absolute Gasteiger partial charge is 0.437 e. The molecule has 1 aromatic heterocycles. The summed E-state index contributed by atoms with van der Waals surface area (Å²) in [5.74, 6) is -1.39. The second-order valence-electron chi connectivity index (χ2n) is 3.75. The van der Waals surface area contributed by atoms with Crippen LogP contribution in [0.2, 0.25) is 5.02 Å². The fraction of sp³-hybridized carbons (Fsp3) is 0.0833. The highest BCUT2D eigenvalue weighted by molar-refractivity contribution is 7.16. The molecule has 0 unspecified atom stereocenters. The Morgan fingerprint density at radius 3 is 2.80 bits per heavy atom. The van der Waals surface area contributed by atoms with Crippen molar-refractivity contribution in [3.63, 3.8) is 0 Å². The number of thiophene rings is 1. The van der Waals surface area contributed by atoms with Gasteiger partial charge in [-0.25, -0.2) is 4.39 Å². The Bertz CT molecular complexity index is 701. The SMILES string of the molecule is CC(=O)c1cc([N+](=O)[O-])c(Oc2cccc(Cl)c2F)s1. The Morgan fingerprint density at radius 1 is 1.50 bits per heavy atom. The molecule has 0 spiro atoms. The minimum atomic E-state index is -0.818. The molecule has 5 nitrogen and oxygen atoms in total. The van der Waals surface area contributed by atoms with Gasteiger partial charge in [0.15, 0.2) is 17.3 Å². The first-order chi connectivity index (χ1) is 9.40. The summed E-state index contributed by atoms with van der Waals surface area (Å²) in [7, 11) is 0. The van der Waals surface area contributed by atoms with Crippen LogP contribution in [-0.2, 0) is 0 Å². The molecule has 0 aliphatic carbocycles. The molecule has 0 amide bonds. The number of carbonyl (C=O) groups is 1. The quantitative estimate of drug-likeness (QED) is 0.475. The van der Waals surface area contributed by atoms with E-state index in [1.165, 1.54) is 25.1 Å². The Hall–Kier alpha value is -1.99. The molecule has 0 saturated heterocycles. The summed E-state index contributed by atoms with van der Waals surface area (Å²) >= 11 is 6.38. The van der Waals surface area contributed by atoms with Crippen LogP contribution < -0.4 is 4.74 Å². The highest BCUT2D eigenvalue weighted by Crippen LogP contribution is 2.41. The minimum absolute atomic E-state index is 0.159. The van der Waals surface area contributed by atoms with Crippen molar-refractivity contribution in [2.24, 2.45) is 0 Å². The van der Waals surface area contributed by atoms with Crippen LogP contribution >= 0.6 is 22.9 Å². The van der Waals surface area contributed by atoms with Crippen molar-refractivity contribution in [1.82, 2.24) is 0 Å².